The number of alkyl halides is 3. The van der Waals surface area contributed by atoms with Crippen LogP contribution < -0.4 is 5.32 Å². The number of carbonyl (C=O) groups is 2. The van der Waals surface area contributed by atoms with Gasteiger partial charge in [0.25, 0.3) is 5.91 Å². The van der Waals surface area contributed by atoms with E-state index in [2.05, 4.69) is 20.5 Å². The van der Waals surface area contributed by atoms with Gasteiger partial charge in [0, 0.05) is 31.2 Å². The molecule has 0 aliphatic carbocycles. The molecule has 226 valence electrons. The van der Waals surface area contributed by atoms with Crippen LogP contribution in [0.2, 0.25) is 5.02 Å². The third kappa shape index (κ3) is 5.74. The second-order valence-electron chi connectivity index (χ2n) is 11.7. The van der Waals surface area contributed by atoms with E-state index in [1.54, 1.807) is 20.8 Å². The zero-order valence-corrected chi connectivity index (χ0v) is 24.4. The molecule has 15 heteroatoms. The zero-order chi connectivity index (χ0) is 30.6. The summed E-state index contributed by atoms with van der Waals surface area (Å²) in [7, 11) is 1.91. The summed E-state index contributed by atoms with van der Waals surface area (Å²) in [6.07, 6.45) is -3.92. The molecular weight excluding hydrogens is 580 g/mol. The molecule has 0 saturated heterocycles. The van der Waals surface area contributed by atoms with Gasteiger partial charge in [-0.05, 0) is 43.6 Å². The number of rotatable bonds is 4. The van der Waals surface area contributed by atoms with Crippen LogP contribution in [0, 0.1) is 11.2 Å². The first-order chi connectivity index (χ1) is 19.6. The lowest BCUT2D eigenvalue weighted by molar-refractivity contribution is -0.148. The molecule has 42 heavy (non-hydrogen) atoms. The van der Waals surface area contributed by atoms with Crippen LogP contribution in [0.5, 0.6) is 0 Å². The Kier molecular flexibility index (Phi) is 7.81. The SMILES string of the molecule is CN1CCCn2c(-c3cc(Cl)ccc3F)nc(C(=O)N[C@H](C(=O)N3CCn4c(nnc4C(F)(F)F)C3)C(C)(C)C)c2C1. The Hall–Kier alpha value is -3.52. The fraction of sp³-hybridized carbons (Fsp3) is 0.519. The lowest BCUT2D eigenvalue weighted by Crippen LogP contribution is -2.56. The molecule has 5 rings (SSSR count). The minimum Gasteiger partial charge on any atom is -0.338 e. The summed E-state index contributed by atoms with van der Waals surface area (Å²) >= 11 is 6.16. The van der Waals surface area contributed by atoms with E-state index in [1.807, 2.05) is 16.5 Å². The van der Waals surface area contributed by atoms with E-state index in [0.29, 0.717) is 23.8 Å². The van der Waals surface area contributed by atoms with Gasteiger partial charge in [0.05, 0.1) is 17.8 Å². The normalized spacial score (nSPS) is 16.9. The molecule has 2 aliphatic heterocycles. The fourth-order valence-electron chi connectivity index (χ4n) is 5.36. The van der Waals surface area contributed by atoms with Crippen molar-refractivity contribution >= 4 is 23.4 Å². The minimum atomic E-state index is -4.66. The van der Waals surface area contributed by atoms with Crippen LogP contribution in [0.15, 0.2) is 18.2 Å². The maximum absolute atomic E-state index is 14.9. The molecule has 1 aromatic carbocycles. The highest BCUT2D eigenvalue weighted by Crippen LogP contribution is 2.32. The van der Waals surface area contributed by atoms with E-state index in [-0.39, 0.29) is 42.5 Å². The maximum atomic E-state index is 14.9. The van der Waals surface area contributed by atoms with Gasteiger partial charge in [0.15, 0.2) is 11.5 Å². The van der Waals surface area contributed by atoms with Crippen molar-refractivity contribution in [2.75, 3.05) is 20.1 Å². The second-order valence-corrected chi connectivity index (χ2v) is 12.2. The van der Waals surface area contributed by atoms with Crippen LogP contribution in [0.3, 0.4) is 0 Å². The van der Waals surface area contributed by atoms with Gasteiger partial charge < -0.3 is 24.3 Å². The molecular formula is C27H31ClF4N8O2. The van der Waals surface area contributed by atoms with Gasteiger partial charge in [0.2, 0.25) is 11.7 Å². The van der Waals surface area contributed by atoms with Crippen LogP contribution in [-0.2, 0) is 37.1 Å². The molecule has 0 saturated carbocycles. The summed E-state index contributed by atoms with van der Waals surface area (Å²) < 4.78 is 57.6. The number of halogens is 5. The van der Waals surface area contributed by atoms with Crippen LogP contribution in [0.4, 0.5) is 17.6 Å². The number of aromatic nitrogens is 5. The highest BCUT2D eigenvalue weighted by molar-refractivity contribution is 6.30. The highest BCUT2D eigenvalue weighted by atomic mass is 35.5. The molecule has 0 unspecified atom stereocenters. The van der Waals surface area contributed by atoms with Gasteiger partial charge in [-0.25, -0.2) is 9.37 Å². The predicted octanol–water partition coefficient (Wildman–Crippen LogP) is 3.98. The molecule has 4 heterocycles. The molecule has 2 aliphatic rings. The summed E-state index contributed by atoms with van der Waals surface area (Å²) in [4.78, 5) is 35.6. The molecule has 1 atom stereocenters. The number of amides is 2. The van der Waals surface area contributed by atoms with E-state index >= 15 is 0 Å². The largest absolute Gasteiger partial charge is 0.451 e. The summed E-state index contributed by atoms with van der Waals surface area (Å²) in [5, 5.41) is 10.1. The summed E-state index contributed by atoms with van der Waals surface area (Å²) in [5.41, 5.74) is 0.0252. The van der Waals surface area contributed by atoms with Gasteiger partial charge in [0.1, 0.15) is 17.7 Å². The number of benzene rings is 1. The van der Waals surface area contributed by atoms with Gasteiger partial charge in [-0.1, -0.05) is 32.4 Å². The molecule has 0 radical (unpaired) electrons. The molecule has 0 bridgehead atoms. The van der Waals surface area contributed by atoms with Crippen molar-refractivity contribution in [1.82, 2.24) is 39.4 Å². The number of carbonyl (C=O) groups excluding carboxylic acids is 2. The van der Waals surface area contributed by atoms with Crippen LogP contribution >= 0.6 is 11.6 Å². The first-order valence-corrected chi connectivity index (χ1v) is 13.8. The Bertz CT molecular complexity index is 1530. The molecule has 3 aromatic rings. The quantitative estimate of drug-likeness (QED) is 0.449. The Morgan fingerprint density at radius 1 is 1.02 bits per heavy atom. The number of imidazole rings is 1. The van der Waals surface area contributed by atoms with Crippen LogP contribution in [0.25, 0.3) is 11.4 Å². The van der Waals surface area contributed by atoms with Crippen molar-refractivity contribution in [3.05, 3.63) is 52.1 Å². The van der Waals surface area contributed by atoms with Crippen molar-refractivity contribution in [3.8, 4) is 11.4 Å². The third-order valence-electron chi connectivity index (χ3n) is 7.50. The standard InChI is InChI=1S/C27H31ClF4N8O2/c1-26(2,3)21(24(42)38-10-11-40-19(14-38)35-36-25(40)27(30,31)32)34-23(41)20-18-13-37(4)8-5-9-39(18)22(33-20)16-12-15(28)6-7-17(16)29/h6-7,12,21H,5,8-11,13-14H2,1-4H3,(H,34,41)/t21-/m1/s1. The second kappa shape index (κ2) is 11.0. The highest BCUT2D eigenvalue weighted by Gasteiger charge is 2.42. The summed E-state index contributed by atoms with van der Waals surface area (Å²) in [6.45, 7) is 6.61. The van der Waals surface area contributed by atoms with Gasteiger partial charge in [-0.2, -0.15) is 13.2 Å². The van der Waals surface area contributed by atoms with Crippen molar-refractivity contribution in [2.45, 2.75) is 65.6 Å². The number of fused-ring (bicyclic) bond motifs is 2. The van der Waals surface area contributed by atoms with Crippen molar-refractivity contribution < 1.29 is 27.2 Å². The number of hydrogen-bond donors (Lipinski definition) is 1. The monoisotopic (exact) mass is 610 g/mol. The van der Waals surface area contributed by atoms with E-state index in [9.17, 15) is 27.2 Å². The average molecular weight is 611 g/mol. The van der Waals surface area contributed by atoms with E-state index < -0.39 is 41.1 Å². The Labute approximate surface area is 244 Å². The van der Waals surface area contributed by atoms with Gasteiger partial charge >= 0.3 is 6.18 Å². The van der Waals surface area contributed by atoms with Crippen molar-refractivity contribution in [3.63, 3.8) is 0 Å². The minimum absolute atomic E-state index is 0.0107. The molecule has 2 aromatic heterocycles. The lowest BCUT2D eigenvalue weighted by Gasteiger charge is -2.36. The zero-order valence-electron chi connectivity index (χ0n) is 23.6. The molecule has 0 spiro atoms. The van der Waals surface area contributed by atoms with Crippen LogP contribution in [0.1, 0.15) is 55.0 Å². The van der Waals surface area contributed by atoms with Crippen molar-refractivity contribution in [1.29, 1.82) is 0 Å². The number of nitrogens with one attached hydrogen (secondary N) is 1. The first-order valence-electron chi connectivity index (χ1n) is 13.5. The Morgan fingerprint density at radius 2 is 1.76 bits per heavy atom. The molecule has 0 fully saturated rings. The third-order valence-corrected chi connectivity index (χ3v) is 7.74. The lowest BCUT2D eigenvalue weighted by atomic mass is 9.85. The van der Waals surface area contributed by atoms with E-state index in [0.717, 1.165) is 17.5 Å². The predicted molar refractivity (Wildman–Crippen MR) is 145 cm³/mol. The maximum Gasteiger partial charge on any atom is 0.451 e. The Balaban J connectivity index is 1.46. The van der Waals surface area contributed by atoms with E-state index in [1.165, 1.54) is 23.1 Å². The first kappa shape index (κ1) is 30.0. The average Bonchev–Trinajstić information content (AvgIpc) is 3.43. The number of nitrogens with zero attached hydrogens (tertiary/aromatic N) is 7. The van der Waals surface area contributed by atoms with Gasteiger partial charge in [-0.15, -0.1) is 10.2 Å². The molecule has 10 nitrogen and oxygen atoms in total. The smallest absolute Gasteiger partial charge is 0.338 e. The molecule has 1 N–H and O–H groups in total. The van der Waals surface area contributed by atoms with Gasteiger partial charge in [-0.3, -0.25) is 9.59 Å². The number of hydrogen-bond acceptors (Lipinski definition) is 6. The molecule has 2 amide bonds. The van der Waals surface area contributed by atoms with Crippen LogP contribution in [-0.4, -0.2) is 72.1 Å². The van der Waals surface area contributed by atoms with Crippen molar-refractivity contribution in [2.24, 2.45) is 5.41 Å². The fourth-order valence-corrected chi connectivity index (χ4v) is 5.54. The summed E-state index contributed by atoms with van der Waals surface area (Å²) in [5.74, 6) is -2.46. The Morgan fingerprint density at radius 3 is 2.45 bits per heavy atom. The topological polar surface area (TPSA) is 101 Å². The summed E-state index contributed by atoms with van der Waals surface area (Å²) in [6, 6.07) is 3.09. The van der Waals surface area contributed by atoms with E-state index in [4.69, 9.17) is 11.6 Å².